The number of methoxy groups -OCH3 is 1. The molecule has 0 aliphatic heterocycles. The molecule has 3 nitrogen and oxygen atoms in total. The van der Waals surface area contributed by atoms with Crippen LogP contribution in [0, 0.1) is 16.6 Å². The third-order valence-electron chi connectivity index (χ3n) is 4.23. The van der Waals surface area contributed by atoms with Crippen molar-refractivity contribution >= 4 is 23.3 Å². The zero-order chi connectivity index (χ0) is 13.4. The minimum atomic E-state index is 0.756. The molecule has 2 aromatic rings. The van der Waals surface area contributed by atoms with E-state index in [2.05, 4.69) is 22.5 Å². The Labute approximate surface area is 118 Å². The second kappa shape index (κ2) is 5.00. The fraction of sp³-hybridized carbons (Fsp3) is 0.533. The van der Waals surface area contributed by atoms with Gasteiger partial charge in [0.15, 0.2) is 4.77 Å². The second-order valence-electron chi connectivity index (χ2n) is 5.71. The van der Waals surface area contributed by atoms with E-state index in [4.69, 9.17) is 17.0 Å². The second-order valence-corrected chi connectivity index (χ2v) is 6.09. The Morgan fingerprint density at radius 2 is 2.26 bits per heavy atom. The van der Waals surface area contributed by atoms with Crippen molar-refractivity contribution in [3.8, 4) is 5.75 Å². The lowest BCUT2D eigenvalue weighted by atomic mass is 10.1. The number of nitrogens with one attached hydrogen (secondary N) is 1. The number of fused-ring (bicyclic) bond motifs is 1. The highest BCUT2D eigenvalue weighted by molar-refractivity contribution is 7.71. The number of nitrogens with zero attached hydrogens (tertiary/aromatic N) is 1. The molecule has 1 aromatic heterocycles. The van der Waals surface area contributed by atoms with Crippen molar-refractivity contribution in [3.63, 3.8) is 0 Å². The summed E-state index contributed by atoms with van der Waals surface area (Å²) in [5.41, 5.74) is 2.25. The Kier molecular flexibility index (Phi) is 3.35. The Balaban J connectivity index is 1.97. The average Bonchev–Trinajstić information content (AvgIpc) is 2.94. The van der Waals surface area contributed by atoms with Gasteiger partial charge in [0.2, 0.25) is 0 Å². The van der Waals surface area contributed by atoms with Crippen LogP contribution in [0.2, 0.25) is 0 Å². The molecule has 4 heteroatoms. The van der Waals surface area contributed by atoms with Gasteiger partial charge in [0.25, 0.3) is 0 Å². The van der Waals surface area contributed by atoms with E-state index >= 15 is 0 Å². The molecule has 1 aliphatic rings. The number of aromatic amines is 1. The predicted octanol–water partition coefficient (Wildman–Crippen LogP) is 4.14. The van der Waals surface area contributed by atoms with Crippen molar-refractivity contribution in [2.24, 2.45) is 11.8 Å². The molecule has 1 aliphatic carbocycles. The molecule has 1 saturated carbocycles. The van der Waals surface area contributed by atoms with Crippen molar-refractivity contribution in [3.05, 3.63) is 23.0 Å². The molecule has 1 heterocycles. The number of aromatic nitrogens is 2. The molecule has 0 saturated heterocycles. The van der Waals surface area contributed by atoms with Crippen LogP contribution in [-0.4, -0.2) is 16.7 Å². The van der Waals surface area contributed by atoms with Crippen molar-refractivity contribution in [1.82, 2.24) is 9.55 Å². The quantitative estimate of drug-likeness (QED) is 0.854. The van der Waals surface area contributed by atoms with Gasteiger partial charge in [-0.15, -0.1) is 0 Å². The van der Waals surface area contributed by atoms with Crippen LogP contribution >= 0.6 is 12.2 Å². The van der Waals surface area contributed by atoms with Crippen molar-refractivity contribution in [1.29, 1.82) is 0 Å². The zero-order valence-electron chi connectivity index (χ0n) is 11.5. The first-order chi connectivity index (χ1) is 9.17. The highest BCUT2D eigenvalue weighted by Crippen LogP contribution is 2.32. The molecule has 1 N–H and O–H groups in total. The number of rotatable bonds is 3. The minimum Gasteiger partial charge on any atom is -0.497 e. The van der Waals surface area contributed by atoms with Gasteiger partial charge in [0.1, 0.15) is 5.75 Å². The number of ether oxygens (including phenoxy) is 1. The van der Waals surface area contributed by atoms with Gasteiger partial charge in [-0.2, -0.15) is 0 Å². The lowest BCUT2D eigenvalue weighted by molar-refractivity contribution is 0.414. The van der Waals surface area contributed by atoms with Crippen LogP contribution in [-0.2, 0) is 6.54 Å². The molecule has 0 amide bonds. The SMILES string of the molecule is COc1ccc2[nH]c(=S)n(CC3CCC(C)C3)c2c1. The molecule has 19 heavy (non-hydrogen) atoms. The maximum atomic E-state index is 5.46. The van der Waals surface area contributed by atoms with E-state index in [0.717, 1.165) is 39.9 Å². The first-order valence-corrected chi connectivity index (χ1v) is 7.34. The minimum absolute atomic E-state index is 0.756. The van der Waals surface area contributed by atoms with Crippen molar-refractivity contribution < 1.29 is 4.74 Å². The van der Waals surface area contributed by atoms with Gasteiger partial charge in [-0.25, -0.2) is 0 Å². The Morgan fingerprint density at radius 1 is 1.42 bits per heavy atom. The lowest BCUT2D eigenvalue weighted by Gasteiger charge is -2.12. The van der Waals surface area contributed by atoms with E-state index in [0.29, 0.717) is 0 Å². The summed E-state index contributed by atoms with van der Waals surface area (Å²) < 4.78 is 8.37. The van der Waals surface area contributed by atoms with Crippen LogP contribution < -0.4 is 4.74 Å². The molecule has 0 spiro atoms. The van der Waals surface area contributed by atoms with Crippen LogP contribution in [0.1, 0.15) is 26.2 Å². The predicted molar refractivity (Wildman–Crippen MR) is 80.2 cm³/mol. The number of hydrogen-bond donors (Lipinski definition) is 1. The summed E-state index contributed by atoms with van der Waals surface area (Å²) in [6.45, 7) is 3.37. The third kappa shape index (κ3) is 2.41. The molecule has 0 bridgehead atoms. The molecule has 2 unspecified atom stereocenters. The van der Waals surface area contributed by atoms with Crippen LogP contribution in [0.4, 0.5) is 0 Å². The van der Waals surface area contributed by atoms with E-state index in [9.17, 15) is 0 Å². The topological polar surface area (TPSA) is 29.9 Å². The Bertz CT molecular complexity index is 643. The first kappa shape index (κ1) is 12.7. The highest BCUT2D eigenvalue weighted by atomic mass is 32.1. The van der Waals surface area contributed by atoms with E-state index < -0.39 is 0 Å². The molecular weight excluding hydrogens is 256 g/mol. The maximum Gasteiger partial charge on any atom is 0.178 e. The lowest BCUT2D eigenvalue weighted by Crippen LogP contribution is -2.07. The molecule has 0 radical (unpaired) electrons. The normalized spacial score (nSPS) is 23.1. The summed E-state index contributed by atoms with van der Waals surface area (Å²) >= 11 is 5.46. The fourth-order valence-corrected chi connectivity index (χ4v) is 3.47. The molecule has 102 valence electrons. The molecule has 2 atom stereocenters. The smallest absolute Gasteiger partial charge is 0.178 e. The number of imidazole rings is 1. The molecule has 1 aromatic carbocycles. The third-order valence-corrected chi connectivity index (χ3v) is 4.55. The van der Waals surface area contributed by atoms with E-state index in [1.807, 2.05) is 12.1 Å². The van der Waals surface area contributed by atoms with Crippen LogP contribution in [0.5, 0.6) is 5.75 Å². The zero-order valence-corrected chi connectivity index (χ0v) is 12.3. The van der Waals surface area contributed by atoms with Gasteiger partial charge in [-0.1, -0.05) is 13.3 Å². The monoisotopic (exact) mass is 276 g/mol. The summed E-state index contributed by atoms with van der Waals surface area (Å²) in [5.74, 6) is 2.50. The maximum absolute atomic E-state index is 5.46. The summed E-state index contributed by atoms with van der Waals surface area (Å²) in [7, 11) is 1.70. The number of hydrogen-bond acceptors (Lipinski definition) is 2. The van der Waals surface area contributed by atoms with Gasteiger partial charge in [-0.05, 0) is 49.0 Å². The summed E-state index contributed by atoms with van der Waals surface area (Å²) in [4.78, 5) is 3.29. The van der Waals surface area contributed by atoms with E-state index in [-0.39, 0.29) is 0 Å². The summed E-state index contributed by atoms with van der Waals surface area (Å²) in [6.07, 6.45) is 3.99. The summed E-state index contributed by atoms with van der Waals surface area (Å²) in [6, 6.07) is 6.08. The average molecular weight is 276 g/mol. The molecule has 3 rings (SSSR count). The number of H-pyrrole nitrogens is 1. The van der Waals surface area contributed by atoms with Gasteiger partial charge in [0, 0.05) is 12.6 Å². The van der Waals surface area contributed by atoms with Crippen LogP contribution in [0.3, 0.4) is 0 Å². The van der Waals surface area contributed by atoms with Crippen LogP contribution in [0.15, 0.2) is 18.2 Å². The first-order valence-electron chi connectivity index (χ1n) is 6.94. The van der Waals surface area contributed by atoms with Crippen molar-refractivity contribution in [2.75, 3.05) is 7.11 Å². The Morgan fingerprint density at radius 3 is 2.95 bits per heavy atom. The molecular formula is C15H20N2OS. The van der Waals surface area contributed by atoms with Crippen molar-refractivity contribution in [2.45, 2.75) is 32.7 Å². The highest BCUT2D eigenvalue weighted by Gasteiger charge is 2.22. The van der Waals surface area contributed by atoms with E-state index in [1.165, 1.54) is 19.3 Å². The fourth-order valence-electron chi connectivity index (χ4n) is 3.19. The van der Waals surface area contributed by atoms with Gasteiger partial charge in [0.05, 0.1) is 18.1 Å². The van der Waals surface area contributed by atoms with Crippen LogP contribution in [0.25, 0.3) is 11.0 Å². The Hall–Kier alpha value is -1.29. The van der Waals surface area contributed by atoms with E-state index in [1.54, 1.807) is 7.11 Å². The molecule has 1 fully saturated rings. The van der Waals surface area contributed by atoms with Gasteiger partial charge < -0.3 is 14.3 Å². The van der Waals surface area contributed by atoms with Gasteiger partial charge in [-0.3, -0.25) is 0 Å². The standard InChI is InChI=1S/C15H20N2OS/c1-10-3-4-11(7-10)9-17-14-8-12(18-2)5-6-13(14)16-15(17)19/h5-6,8,10-11H,3-4,7,9H2,1-2H3,(H,16,19). The largest absolute Gasteiger partial charge is 0.497 e. The summed E-state index contributed by atoms with van der Waals surface area (Å²) in [5, 5.41) is 0. The number of benzene rings is 1. The van der Waals surface area contributed by atoms with Gasteiger partial charge >= 0.3 is 0 Å².